The van der Waals surface area contributed by atoms with Gasteiger partial charge in [-0.3, -0.25) is 9.69 Å². The smallest absolute Gasteiger partial charge is 0.220 e. The van der Waals surface area contributed by atoms with Gasteiger partial charge in [-0.2, -0.15) is 0 Å². The highest BCUT2D eigenvalue weighted by Gasteiger charge is 2.24. The van der Waals surface area contributed by atoms with E-state index in [0.717, 1.165) is 49.5 Å². The molecule has 0 saturated carbocycles. The quantitative estimate of drug-likeness (QED) is 0.753. The molecule has 0 spiro atoms. The summed E-state index contributed by atoms with van der Waals surface area (Å²) in [5.74, 6) is 1.69. The van der Waals surface area contributed by atoms with Gasteiger partial charge in [-0.05, 0) is 37.5 Å². The van der Waals surface area contributed by atoms with Gasteiger partial charge in [0.15, 0.2) is 0 Å². The Morgan fingerprint density at radius 1 is 1.33 bits per heavy atom. The molecule has 6 heteroatoms. The molecule has 0 bridgehead atoms. The molecule has 0 aromatic heterocycles. The minimum Gasteiger partial charge on any atom is -0.497 e. The molecule has 2 rings (SSSR count). The van der Waals surface area contributed by atoms with Crippen molar-refractivity contribution in [1.82, 2.24) is 10.2 Å². The largest absolute Gasteiger partial charge is 0.497 e. The lowest BCUT2D eigenvalue weighted by molar-refractivity contribution is -0.121. The first kappa shape index (κ1) is 18.5. The number of likely N-dealkylation sites (tertiary alicyclic amines) is 1. The van der Waals surface area contributed by atoms with Crippen LogP contribution < -0.4 is 20.5 Å². The van der Waals surface area contributed by atoms with Crippen molar-refractivity contribution in [2.75, 3.05) is 27.3 Å². The molecule has 1 fully saturated rings. The fourth-order valence-electron chi connectivity index (χ4n) is 2.97. The highest BCUT2D eigenvalue weighted by atomic mass is 16.5. The van der Waals surface area contributed by atoms with Gasteiger partial charge >= 0.3 is 0 Å². The molecule has 1 aliphatic rings. The van der Waals surface area contributed by atoms with Crippen LogP contribution in [-0.4, -0.2) is 50.2 Å². The number of methoxy groups -OCH3 is 2. The van der Waals surface area contributed by atoms with Gasteiger partial charge in [0.05, 0.1) is 14.2 Å². The zero-order valence-electron chi connectivity index (χ0n) is 14.9. The Hall–Kier alpha value is -1.79. The summed E-state index contributed by atoms with van der Waals surface area (Å²) in [6.07, 6.45) is 2.21. The van der Waals surface area contributed by atoms with E-state index in [1.165, 1.54) is 0 Å². The molecule has 2 unspecified atom stereocenters. The van der Waals surface area contributed by atoms with E-state index in [-0.39, 0.29) is 18.0 Å². The molecule has 1 aliphatic heterocycles. The van der Waals surface area contributed by atoms with E-state index < -0.39 is 0 Å². The van der Waals surface area contributed by atoms with Crippen molar-refractivity contribution in [2.45, 2.75) is 44.8 Å². The molecule has 0 radical (unpaired) electrons. The van der Waals surface area contributed by atoms with Crippen molar-refractivity contribution in [3.63, 3.8) is 0 Å². The van der Waals surface area contributed by atoms with Crippen LogP contribution in [0.2, 0.25) is 0 Å². The van der Waals surface area contributed by atoms with Crippen LogP contribution in [0, 0.1) is 0 Å². The lowest BCUT2D eigenvalue weighted by Gasteiger charge is -2.18. The lowest BCUT2D eigenvalue weighted by Crippen LogP contribution is -2.37. The second kappa shape index (κ2) is 8.89. The number of carbonyl (C=O) groups is 1. The number of nitrogens with zero attached hydrogens (tertiary/aromatic N) is 1. The topological polar surface area (TPSA) is 76.8 Å². The first-order valence-electron chi connectivity index (χ1n) is 8.49. The molecule has 2 atom stereocenters. The average molecular weight is 335 g/mol. The van der Waals surface area contributed by atoms with Crippen LogP contribution >= 0.6 is 0 Å². The number of nitrogens with two attached hydrogens (primary N) is 1. The average Bonchev–Trinajstić information content (AvgIpc) is 2.99. The number of rotatable bonds is 8. The third-order valence-corrected chi connectivity index (χ3v) is 4.28. The normalized spacial score (nSPS) is 19.1. The maximum Gasteiger partial charge on any atom is 0.220 e. The first-order chi connectivity index (χ1) is 11.5. The van der Waals surface area contributed by atoms with E-state index in [2.05, 4.69) is 10.2 Å². The molecule has 1 aromatic carbocycles. The molecular formula is C18H29N3O3. The van der Waals surface area contributed by atoms with Crippen LogP contribution in [0.4, 0.5) is 0 Å². The highest BCUT2D eigenvalue weighted by molar-refractivity contribution is 5.76. The Morgan fingerprint density at radius 3 is 2.58 bits per heavy atom. The van der Waals surface area contributed by atoms with E-state index in [0.29, 0.717) is 6.42 Å². The van der Waals surface area contributed by atoms with Gasteiger partial charge in [0.25, 0.3) is 0 Å². The molecule has 1 heterocycles. The fraction of sp³-hybridized carbons (Fsp3) is 0.611. The molecule has 1 saturated heterocycles. The number of ether oxygens (including phenoxy) is 2. The summed E-state index contributed by atoms with van der Waals surface area (Å²) in [4.78, 5) is 14.3. The van der Waals surface area contributed by atoms with Crippen molar-refractivity contribution in [3.05, 3.63) is 23.8 Å². The Kier molecular flexibility index (Phi) is 6.87. The Labute approximate surface area is 144 Å². The number of amides is 1. The predicted molar refractivity (Wildman–Crippen MR) is 94.3 cm³/mol. The molecule has 0 aliphatic carbocycles. The van der Waals surface area contributed by atoms with Crippen molar-refractivity contribution in [1.29, 1.82) is 0 Å². The summed E-state index contributed by atoms with van der Waals surface area (Å²) in [5.41, 5.74) is 6.84. The third-order valence-electron chi connectivity index (χ3n) is 4.28. The first-order valence-corrected chi connectivity index (χ1v) is 8.49. The van der Waals surface area contributed by atoms with Crippen LogP contribution in [0.3, 0.4) is 0 Å². The van der Waals surface area contributed by atoms with Crippen LogP contribution in [-0.2, 0) is 11.3 Å². The molecule has 6 nitrogen and oxygen atoms in total. The minimum atomic E-state index is 0.0684. The van der Waals surface area contributed by atoms with E-state index in [4.69, 9.17) is 15.2 Å². The number of benzene rings is 1. The molecule has 1 amide bonds. The maximum absolute atomic E-state index is 11.9. The Balaban J connectivity index is 1.84. The second-order valence-corrected chi connectivity index (χ2v) is 6.53. The van der Waals surface area contributed by atoms with Gasteiger partial charge in [-0.15, -0.1) is 0 Å². The van der Waals surface area contributed by atoms with E-state index in [9.17, 15) is 4.79 Å². The second-order valence-electron chi connectivity index (χ2n) is 6.53. The van der Waals surface area contributed by atoms with Crippen molar-refractivity contribution in [2.24, 2.45) is 5.73 Å². The van der Waals surface area contributed by atoms with Gasteiger partial charge < -0.3 is 20.5 Å². The predicted octanol–water partition coefficient (Wildman–Crippen LogP) is 1.52. The Bertz CT molecular complexity index is 526. The van der Waals surface area contributed by atoms with Crippen LogP contribution in [0.1, 0.15) is 31.7 Å². The Morgan fingerprint density at radius 2 is 2.00 bits per heavy atom. The van der Waals surface area contributed by atoms with E-state index >= 15 is 0 Å². The summed E-state index contributed by atoms with van der Waals surface area (Å²) in [6.45, 7) is 4.58. The maximum atomic E-state index is 11.9. The molecule has 3 N–H and O–H groups in total. The van der Waals surface area contributed by atoms with E-state index in [1.54, 1.807) is 14.2 Å². The number of carbonyl (C=O) groups excluding carboxylic acids is 1. The lowest BCUT2D eigenvalue weighted by atomic mass is 10.1. The summed E-state index contributed by atoms with van der Waals surface area (Å²) < 4.78 is 10.6. The zero-order chi connectivity index (χ0) is 17.5. The van der Waals surface area contributed by atoms with E-state index in [1.807, 2.05) is 25.1 Å². The zero-order valence-corrected chi connectivity index (χ0v) is 14.9. The number of hydrogen-bond acceptors (Lipinski definition) is 5. The van der Waals surface area contributed by atoms with Gasteiger partial charge in [-0.25, -0.2) is 0 Å². The highest BCUT2D eigenvalue weighted by Crippen LogP contribution is 2.24. The summed E-state index contributed by atoms with van der Waals surface area (Å²) in [6, 6.07) is 6.21. The monoisotopic (exact) mass is 335 g/mol. The third kappa shape index (κ3) is 5.69. The fourth-order valence-corrected chi connectivity index (χ4v) is 2.97. The standard InChI is InChI=1S/C18H29N3O3/c1-13(19)4-5-18(22)20-15-6-7-21(12-15)11-14-8-16(23-2)10-17(9-14)24-3/h8-10,13,15H,4-7,11-12,19H2,1-3H3,(H,20,22). The van der Waals surface area contributed by atoms with Crippen molar-refractivity contribution in [3.8, 4) is 11.5 Å². The molecule has 24 heavy (non-hydrogen) atoms. The van der Waals surface area contributed by atoms with Gasteiger partial charge in [-0.1, -0.05) is 0 Å². The van der Waals surface area contributed by atoms with Crippen molar-refractivity contribution < 1.29 is 14.3 Å². The van der Waals surface area contributed by atoms with Gasteiger partial charge in [0, 0.05) is 44.2 Å². The summed E-state index contributed by atoms with van der Waals surface area (Å²) in [7, 11) is 3.31. The minimum absolute atomic E-state index is 0.0684. The number of nitrogens with one attached hydrogen (secondary N) is 1. The van der Waals surface area contributed by atoms with Crippen LogP contribution in [0.5, 0.6) is 11.5 Å². The summed E-state index contributed by atoms with van der Waals surface area (Å²) >= 11 is 0. The van der Waals surface area contributed by atoms with Crippen LogP contribution in [0.25, 0.3) is 0 Å². The molecule has 1 aromatic rings. The van der Waals surface area contributed by atoms with Gasteiger partial charge in [0.2, 0.25) is 5.91 Å². The van der Waals surface area contributed by atoms with Crippen LogP contribution in [0.15, 0.2) is 18.2 Å². The summed E-state index contributed by atoms with van der Waals surface area (Å²) in [5, 5.41) is 3.11. The molecule has 134 valence electrons. The number of hydrogen-bond donors (Lipinski definition) is 2. The van der Waals surface area contributed by atoms with Gasteiger partial charge in [0.1, 0.15) is 11.5 Å². The molecular weight excluding hydrogens is 306 g/mol. The van der Waals surface area contributed by atoms with Crippen molar-refractivity contribution >= 4 is 5.91 Å². The SMILES string of the molecule is COc1cc(CN2CCC(NC(=O)CCC(C)N)C2)cc(OC)c1.